The summed E-state index contributed by atoms with van der Waals surface area (Å²) in [5.74, 6) is 1.51. The Balaban J connectivity index is 1.77. The third-order valence-corrected chi connectivity index (χ3v) is 6.18. The lowest BCUT2D eigenvalue weighted by Crippen LogP contribution is -2.10. The van der Waals surface area contributed by atoms with Crippen LogP contribution in [0, 0.1) is 12.8 Å². The molecule has 1 saturated carbocycles. The van der Waals surface area contributed by atoms with Gasteiger partial charge >= 0.3 is 6.18 Å². The lowest BCUT2D eigenvalue weighted by atomic mass is 10.1. The van der Waals surface area contributed by atoms with Gasteiger partial charge in [0.2, 0.25) is 0 Å². The fraction of sp³-hybridized carbons (Fsp3) is 0.500. The number of alkyl halides is 3. The zero-order valence-electron chi connectivity index (χ0n) is 13.4. The number of hydrogen-bond donors (Lipinski definition) is 0. The molecule has 0 amide bonds. The molecule has 0 saturated heterocycles. The molecule has 0 bridgehead atoms. The molecular weight excluding hydrogens is 355 g/mol. The fourth-order valence-corrected chi connectivity index (χ4v) is 4.07. The third-order valence-electron chi connectivity index (χ3n) is 3.71. The van der Waals surface area contributed by atoms with Gasteiger partial charge in [-0.25, -0.2) is 9.67 Å². The molecule has 3 nitrogen and oxygen atoms in total. The first kappa shape index (κ1) is 17.7. The first-order valence-corrected chi connectivity index (χ1v) is 9.63. The topological polar surface area (TPSA) is 30.7 Å². The quantitative estimate of drug-likeness (QED) is 0.671. The van der Waals surface area contributed by atoms with Crippen molar-refractivity contribution >= 4 is 23.5 Å². The highest BCUT2D eigenvalue weighted by Crippen LogP contribution is 2.35. The van der Waals surface area contributed by atoms with Gasteiger partial charge in [0.25, 0.3) is 0 Å². The highest BCUT2D eigenvalue weighted by molar-refractivity contribution is 7.99. The summed E-state index contributed by atoms with van der Waals surface area (Å²) < 4.78 is 39.1. The maximum Gasteiger partial charge on any atom is 0.398 e. The number of nitrogens with zero attached hydrogens (tertiary/aromatic N) is 3. The van der Waals surface area contributed by atoms with Crippen molar-refractivity contribution < 1.29 is 13.2 Å². The zero-order valence-corrected chi connectivity index (χ0v) is 15.1. The van der Waals surface area contributed by atoms with Gasteiger partial charge in [-0.2, -0.15) is 18.3 Å². The number of aryl methyl sites for hydroxylation is 2. The largest absolute Gasteiger partial charge is 0.398 e. The van der Waals surface area contributed by atoms with Crippen molar-refractivity contribution in [2.45, 2.75) is 36.0 Å². The standard InChI is InChI=1S/C16H18F3N3S2/c1-10-3-6-12(7-13(10)24-9-16(17,18)19)14-20-15(22(2)21-14)23-8-11-4-5-11/h3,6-7,11H,4-5,8-9H2,1-2H3. The van der Waals surface area contributed by atoms with E-state index in [4.69, 9.17) is 0 Å². The predicted octanol–water partition coefficient (Wildman–Crippen LogP) is 4.95. The Morgan fingerprint density at radius 3 is 2.67 bits per heavy atom. The van der Waals surface area contributed by atoms with Crippen molar-refractivity contribution in [3.05, 3.63) is 23.8 Å². The van der Waals surface area contributed by atoms with Crippen LogP contribution in [0.15, 0.2) is 28.3 Å². The van der Waals surface area contributed by atoms with Crippen LogP contribution < -0.4 is 0 Å². The summed E-state index contributed by atoms with van der Waals surface area (Å²) in [6.07, 6.45) is -1.60. The van der Waals surface area contributed by atoms with Crippen molar-refractivity contribution in [3.8, 4) is 11.4 Å². The van der Waals surface area contributed by atoms with Crippen molar-refractivity contribution in [1.82, 2.24) is 14.8 Å². The van der Waals surface area contributed by atoms with Gasteiger partial charge < -0.3 is 0 Å². The molecule has 1 heterocycles. The summed E-state index contributed by atoms with van der Waals surface area (Å²) in [6.45, 7) is 1.81. The molecule has 1 aliphatic rings. The maximum atomic E-state index is 12.5. The van der Waals surface area contributed by atoms with Crippen molar-refractivity contribution in [2.75, 3.05) is 11.5 Å². The summed E-state index contributed by atoms with van der Waals surface area (Å²) in [4.78, 5) is 5.16. The lowest BCUT2D eigenvalue weighted by Gasteiger charge is -2.09. The van der Waals surface area contributed by atoms with Crippen molar-refractivity contribution in [3.63, 3.8) is 0 Å². The molecule has 130 valence electrons. The normalized spacial score (nSPS) is 15.0. The van der Waals surface area contributed by atoms with Crippen LogP contribution in [0.1, 0.15) is 18.4 Å². The molecule has 0 atom stereocenters. The van der Waals surface area contributed by atoms with Gasteiger partial charge in [-0.05, 0) is 37.3 Å². The molecule has 0 radical (unpaired) electrons. The van der Waals surface area contributed by atoms with Crippen LogP contribution >= 0.6 is 23.5 Å². The minimum absolute atomic E-state index is 0.560. The Hall–Kier alpha value is -1.15. The van der Waals surface area contributed by atoms with E-state index in [1.54, 1.807) is 22.5 Å². The van der Waals surface area contributed by atoms with E-state index in [1.165, 1.54) is 12.8 Å². The highest BCUT2D eigenvalue weighted by atomic mass is 32.2. The Bertz CT molecular complexity index is 724. The molecule has 8 heteroatoms. The Morgan fingerprint density at radius 1 is 1.25 bits per heavy atom. The number of thioether (sulfide) groups is 2. The summed E-state index contributed by atoms with van der Waals surface area (Å²) in [5, 5.41) is 5.26. The van der Waals surface area contributed by atoms with Gasteiger partial charge in [0, 0.05) is 23.3 Å². The van der Waals surface area contributed by atoms with Gasteiger partial charge in [0.1, 0.15) is 0 Å². The molecule has 2 aromatic rings. The van der Waals surface area contributed by atoms with Gasteiger partial charge in [0.15, 0.2) is 11.0 Å². The van der Waals surface area contributed by atoms with Gasteiger partial charge in [-0.15, -0.1) is 11.8 Å². The molecule has 0 aliphatic heterocycles. The minimum atomic E-state index is -4.18. The van der Waals surface area contributed by atoms with Crippen LogP contribution in [-0.2, 0) is 7.05 Å². The highest BCUT2D eigenvalue weighted by Gasteiger charge is 2.27. The number of benzene rings is 1. The van der Waals surface area contributed by atoms with Gasteiger partial charge in [-0.3, -0.25) is 0 Å². The van der Waals surface area contributed by atoms with Gasteiger partial charge in [-0.1, -0.05) is 23.9 Å². The average molecular weight is 373 g/mol. The molecule has 0 N–H and O–H groups in total. The second-order valence-corrected chi connectivity index (χ2v) is 7.98. The third kappa shape index (κ3) is 4.69. The average Bonchev–Trinajstić information content (AvgIpc) is 3.26. The van der Waals surface area contributed by atoms with Crippen molar-refractivity contribution in [2.24, 2.45) is 13.0 Å². The SMILES string of the molecule is Cc1ccc(-c2nc(SCC3CC3)n(C)n2)cc1SCC(F)(F)F. The summed E-state index contributed by atoms with van der Waals surface area (Å²) in [6, 6.07) is 5.43. The van der Waals surface area contributed by atoms with Crippen LogP contribution in [0.2, 0.25) is 0 Å². The molecule has 1 aromatic carbocycles. The fourth-order valence-electron chi connectivity index (χ4n) is 2.15. The van der Waals surface area contributed by atoms with E-state index in [-0.39, 0.29) is 0 Å². The van der Waals surface area contributed by atoms with Crippen LogP contribution in [0.25, 0.3) is 11.4 Å². The Kier molecular flexibility index (Phi) is 5.15. The molecule has 1 fully saturated rings. The van der Waals surface area contributed by atoms with E-state index in [0.29, 0.717) is 10.7 Å². The minimum Gasteiger partial charge on any atom is -0.243 e. The predicted molar refractivity (Wildman–Crippen MR) is 91.4 cm³/mol. The van der Waals surface area contributed by atoms with E-state index in [2.05, 4.69) is 10.1 Å². The Morgan fingerprint density at radius 2 is 2.00 bits per heavy atom. The first-order chi connectivity index (χ1) is 11.3. The molecule has 1 aromatic heterocycles. The van der Waals surface area contributed by atoms with Crippen LogP contribution in [0.4, 0.5) is 13.2 Å². The second-order valence-electron chi connectivity index (χ2n) is 5.98. The van der Waals surface area contributed by atoms with Crippen LogP contribution in [0.3, 0.4) is 0 Å². The van der Waals surface area contributed by atoms with E-state index in [1.807, 2.05) is 26.1 Å². The number of aromatic nitrogens is 3. The zero-order chi connectivity index (χ0) is 17.3. The Labute approximate surface area is 147 Å². The summed E-state index contributed by atoms with van der Waals surface area (Å²) in [7, 11) is 1.85. The van der Waals surface area contributed by atoms with E-state index in [9.17, 15) is 13.2 Å². The van der Waals surface area contributed by atoms with E-state index in [0.717, 1.165) is 39.7 Å². The smallest absolute Gasteiger partial charge is 0.243 e. The van der Waals surface area contributed by atoms with Crippen molar-refractivity contribution in [1.29, 1.82) is 0 Å². The monoisotopic (exact) mass is 373 g/mol. The number of rotatable bonds is 6. The van der Waals surface area contributed by atoms with E-state index >= 15 is 0 Å². The molecule has 0 unspecified atom stereocenters. The second kappa shape index (κ2) is 7.00. The van der Waals surface area contributed by atoms with Crippen LogP contribution in [-0.4, -0.2) is 32.4 Å². The molecule has 24 heavy (non-hydrogen) atoms. The van der Waals surface area contributed by atoms with E-state index < -0.39 is 11.9 Å². The first-order valence-electron chi connectivity index (χ1n) is 7.66. The molecule has 0 spiro atoms. The van der Waals surface area contributed by atoms with Crippen LogP contribution in [0.5, 0.6) is 0 Å². The maximum absolute atomic E-state index is 12.5. The lowest BCUT2D eigenvalue weighted by molar-refractivity contribution is -0.105. The summed E-state index contributed by atoms with van der Waals surface area (Å²) in [5.41, 5.74) is 1.58. The number of hydrogen-bond acceptors (Lipinski definition) is 4. The molecule has 1 aliphatic carbocycles. The number of halogens is 3. The summed E-state index contributed by atoms with van der Waals surface area (Å²) >= 11 is 2.49. The molecular formula is C16H18F3N3S2. The van der Waals surface area contributed by atoms with Gasteiger partial charge in [0.05, 0.1) is 5.75 Å². The molecule has 3 rings (SSSR count).